The van der Waals surface area contributed by atoms with Crippen LogP contribution in [-0.4, -0.2) is 15.3 Å². The van der Waals surface area contributed by atoms with Gasteiger partial charge in [-0.1, -0.05) is 19.3 Å². The molecule has 1 N–H and O–H groups in total. The molecule has 1 aliphatic carbocycles. The van der Waals surface area contributed by atoms with Gasteiger partial charge in [-0.05, 0) is 46.8 Å². The van der Waals surface area contributed by atoms with Crippen molar-refractivity contribution in [1.29, 1.82) is 0 Å². The Kier molecular flexibility index (Phi) is 4.05. The van der Waals surface area contributed by atoms with E-state index in [0.717, 1.165) is 15.9 Å². The maximum atomic E-state index is 12.1. The number of amides is 1. The van der Waals surface area contributed by atoms with Gasteiger partial charge in [0.1, 0.15) is 10.3 Å². The molecule has 2 heterocycles. The summed E-state index contributed by atoms with van der Waals surface area (Å²) >= 11 is 3.43. The Morgan fingerprint density at radius 2 is 2.15 bits per heavy atom. The Morgan fingerprint density at radius 3 is 2.95 bits per heavy atom. The van der Waals surface area contributed by atoms with Crippen molar-refractivity contribution in [3.8, 4) is 0 Å². The van der Waals surface area contributed by atoms with Crippen LogP contribution in [0, 0.1) is 5.92 Å². The monoisotopic (exact) mass is 335 g/mol. The van der Waals surface area contributed by atoms with Gasteiger partial charge in [0.15, 0.2) is 0 Å². The fourth-order valence-corrected chi connectivity index (χ4v) is 3.28. The molecule has 4 nitrogen and oxygen atoms in total. The number of nitrogens with zero attached hydrogens (tertiary/aromatic N) is 2. The molecule has 0 spiro atoms. The first-order chi connectivity index (χ1) is 9.72. The van der Waals surface area contributed by atoms with Crippen LogP contribution in [0.25, 0.3) is 5.65 Å². The number of anilines is 1. The van der Waals surface area contributed by atoms with E-state index in [4.69, 9.17) is 0 Å². The zero-order valence-corrected chi connectivity index (χ0v) is 12.9. The average molecular weight is 336 g/mol. The number of imidazole rings is 1. The molecule has 5 heteroatoms. The third kappa shape index (κ3) is 3.03. The summed E-state index contributed by atoms with van der Waals surface area (Å²) in [6.45, 7) is 0. The Bertz CT molecular complexity index is 617. The number of halogens is 1. The Balaban J connectivity index is 1.65. The van der Waals surface area contributed by atoms with Crippen LogP contribution in [-0.2, 0) is 4.79 Å². The van der Waals surface area contributed by atoms with Crippen LogP contribution in [0.2, 0.25) is 0 Å². The van der Waals surface area contributed by atoms with Crippen molar-refractivity contribution in [2.45, 2.75) is 38.5 Å². The molecule has 1 aliphatic rings. The van der Waals surface area contributed by atoms with Gasteiger partial charge in [-0.15, -0.1) is 0 Å². The van der Waals surface area contributed by atoms with E-state index in [-0.39, 0.29) is 5.91 Å². The molecule has 1 fully saturated rings. The van der Waals surface area contributed by atoms with Crippen LogP contribution in [0.15, 0.2) is 29.1 Å². The Labute approximate surface area is 126 Å². The molecule has 0 radical (unpaired) electrons. The summed E-state index contributed by atoms with van der Waals surface area (Å²) in [5, 5.41) is 2.99. The topological polar surface area (TPSA) is 46.4 Å². The van der Waals surface area contributed by atoms with Gasteiger partial charge in [-0.25, -0.2) is 4.98 Å². The first kappa shape index (κ1) is 13.6. The van der Waals surface area contributed by atoms with Gasteiger partial charge in [0.2, 0.25) is 5.91 Å². The zero-order chi connectivity index (χ0) is 13.9. The first-order valence-corrected chi connectivity index (χ1v) is 7.94. The van der Waals surface area contributed by atoms with E-state index in [9.17, 15) is 4.79 Å². The van der Waals surface area contributed by atoms with Crippen LogP contribution in [0.5, 0.6) is 0 Å². The average Bonchev–Trinajstić information content (AvgIpc) is 2.81. The predicted molar refractivity (Wildman–Crippen MR) is 82.7 cm³/mol. The third-order valence-electron chi connectivity index (χ3n) is 3.94. The van der Waals surface area contributed by atoms with E-state index in [1.807, 2.05) is 22.7 Å². The fraction of sp³-hybridized carbons (Fsp3) is 0.467. The number of hydrogen-bond donors (Lipinski definition) is 1. The number of rotatable bonds is 3. The molecule has 0 saturated heterocycles. The van der Waals surface area contributed by atoms with Crippen molar-refractivity contribution in [1.82, 2.24) is 9.38 Å². The molecule has 3 rings (SSSR count). The van der Waals surface area contributed by atoms with Crippen molar-refractivity contribution >= 4 is 33.2 Å². The molecule has 0 unspecified atom stereocenters. The molecule has 2 aromatic rings. The zero-order valence-electron chi connectivity index (χ0n) is 11.3. The Morgan fingerprint density at radius 1 is 1.35 bits per heavy atom. The van der Waals surface area contributed by atoms with Crippen molar-refractivity contribution in [2.24, 2.45) is 5.92 Å². The minimum Gasteiger partial charge on any atom is -0.325 e. The van der Waals surface area contributed by atoms with Gasteiger partial charge >= 0.3 is 0 Å². The van der Waals surface area contributed by atoms with E-state index >= 15 is 0 Å². The molecular formula is C15H18BrN3O. The molecule has 0 aliphatic heterocycles. The van der Waals surface area contributed by atoms with E-state index in [1.54, 1.807) is 6.20 Å². The largest absolute Gasteiger partial charge is 0.325 e. The molecule has 1 amide bonds. The molecular weight excluding hydrogens is 318 g/mol. The second kappa shape index (κ2) is 5.95. The van der Waals surface area contributed by atoms with E-state index in [2.05, 4.69) is 26.2 Å². The van der Waals surface area contributed by atoms with E-state index in [0.29, 0.717) is 12.3 Å². The maximum Gasteiger partial charge on any atom is 0.224 e. The third-order valence-corrected chi connectivity index (χ3v) is 4.53. The van der Waals surface area contributed by atoms with Gasteiger partial charge in [-0.2, -0.15) is 0 Å². The fourth-order valence-electron chi connectivity index (χ4n) is 2.89. The number of carbonyl (C=O) groups is 1. The standard InChI is InChI=1S/C15H18BrN3O/c16-13-9-17-14-7-6-12(10-19(13)14)18-15(20)8-11-4-2-1-3-5-11/h6-7,9-11H,1-5,8H2,(H,18,20). The lowest BCUT2D eigenvalue weighted by atomic mass is 9.87. The van der Waals surface area contributed by atoms with Gasteiger partial charge in [0, 0.05) is 12.6 Å². The molecule has 1 saturated carbocycles. The SMILES string of the molecule is O=C(CC1CCCCC1)Nc1ccc2ncc(Br)n2c1. The van der Waals surface area contributed by atoms with Gasteiger partial charge in [-0.3, -0.25) is 9.20 Å². The lowest BCUT2D eigenvalue weighted by Gasteiger charge is -2.20. The van der Waals surface area contributed by atoms with Crippen molar-refractivity contribution < 1.29 is 4.79 Å². The molecule has 0 bridgehead atoms. The number of fused-ring (bicyclic) bond motifs is 1. The molecule has 20 heavy (non-hydrogen) atoms. The summed E-state index contributed by atoms with van der Waals surface area (Å²) in [4.78, 5) is 16.3. The summed E-state index contributed by atoms with van der Waals surface area (Å²) < 4.78 is 2.80. The highest BCUT2D eigenvalue weighted by molar-refractivity contribution is 9.10. The minimum atomic E-state index is 0.118. The van der Waals surface area contributed by atoms with Gasteiger partial charge in [0.25, 0.3) is 0 Å². The number of hydrogen-bond acceptors (Lipinski definition) is 2. The van der Waals surface area contributed by atoms with Crippen LogP contribution in [0.1, 0.15) is 38.5 Å². The molecule has 0 aromatic carbocycles. The summed E-state index contributed by atoms with van der Waals surface area (Å²) in [7, 11) is 0. The summed E-state index contributed by atoms with van der Waals surface area (Å²) in [5.41, 5.74) is 1.68. The second-order valence-electron chi connectivity index (χ2n) is 5.48. The minimum absolute atomic E-state index is 0.118. The highest BCUT2D eigenvalue weighted by atomic mass is 79.9. The van der Waals surface area contributed by atoms with Crippen LogP contribution in [0.3, 0.4) is 0 Å². The number of pyridine rings is 1. The summed E-state index contributed by atoms with van der Waals surface area (Å²) in [5.74, 6) is 0.681. The number of carbonyl (C=O) groups excluding carboxylic acids is 1. The van der Waals surface area contributed by atoms with Gasteiger partial charge < -0.3 is 5.32 Å². The summed E-state index contributed by atoms with van der Waals surface area (Å²) in [6, 6.07) is 3.80. The lowest BCUT2D eigenvalue weighted by Crippen LogP contribution is -2.18. The predicted octanol–water partition coefficient (Wildman–Crippen LogP) is 4.01. The molecule has 106 valence electrons. The van der Waals surface area contributed by atoms with Gasteiger partial charge in [0.05, 0.1) is 11.9 Å². The van der Waals surface area contributed by atoms with E-state index in [1.165, 1.54) is 32.1 Å². The van der Waals surface area contributed by atoms with Crippen LogP contribution < -0.4 is 5.32 Å². The highest BCUT2D eigenvalue weighted by Crippen LogP contribution is 2.26. The van der Waals surface area contributed by atoms with Crippen molar-refractivity contribution in [2.75, 3.05) is 5.32 Å². The normalized spacial score (nSPS) is 16.4. The smallest absolute Gasteiger partial charge is 0.224 e. The maximum absolute atomic E-state index is 12.1. The first-order valence-electron chi connectivity index (χ1n) is 7.15. The highest BCUT2D eigenvalue weighted by Gasteiger charge is 2.17. The lowest BCUT2D eigenvalue weighted by molar-refractivity contribution is -0.117. The Hall–Kier alpha value is -1.36. The number of nitrogens with one attached hydrogen (secondary N) is 1. The summed E-state index contributed by atoms with van der Waals surface area (Å²) in [6.07, 6.45) is 10.5. The quantitative estimate of drug-likeness (QED) is 0.921. The van der Waals surface area contributed by atoms with Crippen LogP contribution in [0.4, 0.5) is 5.69 Å². The van der Waals surface area contributed by atoms with Crippen molar-refractivity contribution in [3.05, 3.63) is 29.1 Å². The number of aromatic nitrogens is 2. The van der Waals surface area contributed by atoms with Crippen molar-refractivity contribution in [3.63, 3.8) is 0 Å². The van der Waals surface area contributed by atoms with E-state index < -0.39 is 0 Å². The molecule has 2 aromatic heterocycles. The molecule has 0 atom stereocenters. The second-order valence-corrected chi connectivity index (χ2v) is 6.30. The van der Waals surface area contributed by atoms with Crippen LogP contribution >= 0.6 is 15.9 Å².